The summed E-state index contributed by atoms with van der Waals surface area (Å²) in [7, 11) is 0. The van der Waals surface area contributed by atoms with Crippen LogP contribution in [0.4, 0.5) is 4.39 Å². The van der Waals surface area contributed by atoms with Crippen LogP contribution in [-0.2, 0) is 4.74 Å². The van der Waals surface area contributed by atoms with E-state index in [0.29, 0.717) is 30.8 Å². The second-order valence-electron chi connectivity index (χ2n) is 10.7. The highest BCUT2D eigenvalue weighted by molar-refractivity contribution is 5.01. The van der Waals surface area contributed by atoms with Gasteiger partial charge in [0.1, 0.15) is 5.67 Å². The van der Waals surface area contributed by atoms with E-state index in [1.165, 1.54) is 25.9 Å². The number of ether oxygens (including phenoxy) is 1. The molecule has 3 aliphatic heterocycles. The number of likely N-dealkylation sites (tertiary alicyclic amines) is 3. The van der Waals surface area contributed by atoms with E-state index in [1.54, 1.807) is 0 Å². The Bertz CT molecular complexity index is 466. The van der Waals surface area contributed by atoms with Crippen molar-refractivity contribution in [2.75, 3.05) is 59.0 Å². The van der Waals surface area contributed by atoms with Gasteiger partial charge in [-0.15, -0.1) is 0 Å². The largest absolute Gasteiger partial charge is 0.375 e. The molecule has 0 N–H and O–H groups in total. The molecule has 0 bridgehead atoms. The SMILES string of the molecule is CC(C)N1CCC(F)(CN2CC3(CCN(CCOC(C)(C)C)CC3)C2)CC1. The highest BCUT2D eigenvalue weighted by Crippen LogP contribution is 2.42. The average molecular weight is 384 g/mol. The van der Waals surface area contributed by atoms with Crippen molar-refractivity contribution in [3.8, 4) is 0 Å². The lowest BCUT2D eigenvalue weighted by Gasteiger charge is -2.56. The van der Waals surface area contributed by atoms with Crippen LogP contribution >= 0.6 is 0 Å². The van der Waals surface area contributed by atoms with Gasteiger partial charge in [0.05, 0.1) is 12.2 Å². The predicted molar refractivity (Wildman–Crippen MR) is 110 cm³/mol. The van der Waals surface area contributed by atoms with Gasteiger partial charge in [0, 0.05) is 45.3 Å². The first-order valence-corrected chi connectivity index (χ1v) is 11.1. The maximum Gasteiger partial charge on any atom is 0.126 e. The van der Waals surface area contributed by atoms with E-state index in [0.717, 1.165) is 39.3 Å². The highest BCUT2D eigenvalue weighted by atomic mass is 19.1. The lowest BCUT2D eigenvalue weighted by Crippen LogP contribution is -2.63. The average Bonchev–Trinajstić information content (AvgIpc) is 2.54. The van der Waals surface area contributed by atoms with E-state index in [9.17, 15) is 0 Å². The summed E-state index contributed by atoms with van der Waals surface area (Å²) in [5.41, 5.74) is -0.534. The molecule has 3 saturated heterocycles. The number of alkyl halides is 1. The molecule has 0 aromatic rings. The minimum atomic E-state index is -0.960. The molecule has 5 heteroatoms. The van der Waals surface area contributed by atoms with Crippen molar-refractivity contribution in [1.82, 2.24) is 14.7 Å². The third kappa shape index (κ3) is 5.88. The number of piperidine rings is 2. The molecule has 0 atom stereocenters. The minimum absolute atomic E-state index is 0.0425. The molecular formula is C22H42FN3O. The second-order valence-corrected chi connectivity index (χ2v) is 10.7. The Morgan fingerprint density at radius 2 is 1.52 bits per heavy atom. The van der Waals surface area contributed by atoms with E-state index < -0.39 is 5.67 Å². The van der Waals surface area contributed by atoms with Gasteiger partial charge in [-0.25, -0.2) is 4.39 Å². The molecule has 3 aliphatic rings. The predicted octanol–water partition coefficient (Wildman–Crippen LogP) is 3.41. The molecule has 0 unspecified atom stereocenters. The van der Waals surface area contributed by atoms with Gasteiger partial charge in [0.2, 0.25) is 0 Å². The normalized spacial score (nSPS) is 27.2. The van der Waals surface area contributed by atoms with Gasteiger partial charge in [0.25, 0.3) is 0 Å². The molecule has 1 spiro atoms. The quantitative estimate of drug-likeness (QED) is 0.700. The lowest BCUT2D eigenvalue weighted by atomic mass is 9.71. The molecule has 3 heterocycles. The molecule has 0 aliphatic carbocycles. The van der Waals surface area contributed by atoms with Crippen molar-refractivity contribution in [3.05, 3.63) is 0 Å². The number of rotatable bonds is 6. The third-order valence-corrected chi connectivity index (χ3v) is 6.91. The highest BCUT2D eigenvalue weighted by Gasteiger charge is 2.47. The van der Waals surface area contributed by atoms with E-state index in [-0.39, 0.29) is 5.60 Å². The Morgan fingerprint density at radius 1 is 0.926 bits per heavy atom. The van der Waals surface area contributed by atoms with E-state index in [1.807, 2.05) is 0 Å². The molecule has 27 heavy (non-hydrogen) atoms. The van der Waals surface area contributed by atoms with E-state index in [2.05, 4.69) is 49.3 Å². The van der Waals surface area contributed by atoms with Crippen LogP contribution in [0.25, 0.3) is 0 Å². The first kappa shape index (κ1) is 21.5. The summed E-state index contributed by atoms with van der Waals surface area (Å²) in [5.74, 6) is 0. The summed E-state index contributed by atoms with van der Waals surface area (Å²) in [5, 5.41) is 0. The summed E-state index contributed by atoms with van der Waals surface area (Å²) >= 11 is 0. The van der Waals surface area contributed by atoms with Gasteiger partial charge in [-0.1, -0.05) is 0 Å². The zero-order chi connectivity index (χ0) is 19.7. The molecule has 0 saturated carbocycles. The molecule has 0 aromatic carbocycles. The van der Waals surface area contributed by atoms with Crippen molar-refractivity contribution in [2.24, 2.45) is 5.41 Å². The molecule has 0 aromatic heterocycles. The van der Waals surface area contributed by atoms with Crippen LogP contribution in [0, 0.1) is 5.41 Å². The Hall–Kier alpha value is -0.230. The fourth-order valence-corrected chi connectivity index (χ4v) is 5.06. The van der Waals surface area contributed by atoms with Crippen LogP contribution in [0.1, 0.15) is 60.3 Å². The fourth-order valence-electron chi connectivity index (χ4n) is 5.06. The zero-order valence-electron chi connectivity index (χ0n) is 18.4. The maximum absolute atomic E-state index is 15.2. The Balaban J connectivity index is 1.34. The molecule has 4 nitrogen and oxygen atoms in total. The Kier molecular flexibility index (Phi) is 6.57. The van der Waals surface area contributed by atoms with Gasteiger partial charge in [0.15, 0.2) is 0 Å². The Labute approximate surface area is 166 Å². The van der Waals surface area contributed by atoms with Crippen LogP contribution < -0.4 is 0 Å². The van der Waals surface area contributed by atoms with Gasteiger partial charge in [-0.3, -0.25) is 4.90 Å². The van der Waals surface area contributed by atoms with Crippen LogP contribution in [0.5, 0.6) is 0 Å². The number of halogens is 1. The van der Waals surface area contributed by atoms with Crippen molar-refractivity contribution in [1.29, 1.82) is 0 Å². The summed E-state index contributed by atoms with van der Waals surface area (Å²) in [6, 6.07) is 0.542. The smallest absolute Gasteiger partial charge is 0.126 e. The van der Waals surface area contributed by atoms with Gasteiger partial charge in [-0.05, 0) is 78.8 Å². The zero-order valence-corrected chi connectivity index (χ0v) is 18.4. The molecular weight excluding hydrogens is 341 g/mol. The first-order valence-electron chi connectivity index (χ1n) is 11.1. The van der Waals surface area contributed by atoms with Gasteiger partial charge in [-0.2, -0.15) is 0 Å². The molecule has 158 valence electrons. The van der Waals surface area contributed by atoms with Crippen LogP contribution in [0.2, 0.25) is 0 Å². The van der Waals surface area contributed by atoms with E-state index >= 15 is 4.39 Å². The fraction of sp³-hybridized carbons (Fsp3) is 1.00. The summed E-state index contributed by atoms with van der Waals surface area (Å²) in [6.07, 6.45) is 3.94. The molecule has 0 radical (unpaired) electrons. The third-order valence-electron chi connectivity index (χ3n) is 6.91. The van der Waals surface area contributed by atoms with Crippen molar-refractivity contribution >= 4 is 0 Å². The number of hydrogen-bond donors (Lipinski definition) is 0. The lowest BCUT2D eigenvalue weighted by molar-refractivity contribution is -0.0861. The standard InChI is InChI=1S/C22H42FN3O/c1-19(2)26-12-8-22(23,9-13-26)18-25-16-21(17-25)6-10-24(11-7-21)14-15-27-20(3,4)5/h19H,6-18H2,1-5H3. The maximum atomic E-state index is 15.2. The number of nitrogens with zero attached hydrogens (tertiary/aromatic N) is 3. The molecule has 3 fully saturated rings. The first-order chi connectivity index (χ1) is 12.6. The van der Waals surface area contributed by atoms with Crippen molar-refractivity contribution in [3.63, 3.8) is 0 Å². The van der Waals surface area contributed by atoms with Gasteiger partial charge < -0.3 is 14.5 Å². The van der Waals surface area contributed by atoms with E-state index in [4.69, 9.17) is 4.74 Å². The van der Waals surface area contributed by atoms with Crippen molar-refractivity contribution < 1.29 is 9.13 Å². The second kappa shape index (κ2) is 8.25. The van der Waals surface area contributed by atoms with Gasteiger partial charge >= 0.3 is 0 Å². The topological polar surface area (TPSA) is 19.0 Å². The Morgan fingerprint density at radius 3 is 2.04 bits per heavy atom. The van der Waals surface area contributed by atoms with Crippen molar-refractivity contribution in [2.45, 2.75) is 77.6 Å². The van der Waals surface area contributed by atoms with Crippen LogP contribution in [0.3, 0.4) is 0 Å². The summed E-state index contributed by atoms with van der Waals surface area (Å²) < 4.78 is 21.1. The molecule has 0 amide bonds. The number of hydrogen-bond acceptors (Lipinski definition) is 4. The van der Waals surface area contributed by atoms with Crippen LogP contribution in [0.15, 0.2) is 0 Å². The monoisotopic (exact) mass is 383 g/mol. The minimum Gasteiger partial charge on any atom is -0.375 e. The summed E-state index contributed by atoms with van der Waals surface area (Å²) in [4.78, 5) is 7.34. The van der Waals surface area contributed by atoms with Crippen LogP contribution in [-0.4, -0.2) is 91.0 Å². The summed E-state index contributed by atoms with van der Waals surface area (Å²) in [6.45, 7) is 19.7. The molecule has 3 rings (SSSR count).